The molecule has 1 saturated heterocycles. The Labute approximate surface area is 178 Å². The summed E-state index contributed by atoms with van der Waals surface area (Å²) in [5.74, 6) is -0.756. The first-order valence-electron chi connectivity index (χ1n) is 9.97. The second kappa shape index (κ2) is 7.83. The molecule has 0 unspecified atom stereocenters. The summed E-state index contributed by atoms with van der Waals surface area (Å²) in [5, 5.41) is 5.10. The van der Waals surface area contributed by atoms with Crippen molar-refractivity contribution in [1.82, 2.24) is 9.88 Å². The van der Waals surface area contributed by atoms with E-state index >= 15 is 0 Å². The van der Waals surface area contributed by atoms with Gasteiger partial charge in [-0.1, -0.05) is 17.4 Å². The molecular formula is C22H24FN3O3S. The van der Waals surface area contributed by atoms with Crippen molar-refractivity contribution in [1.29, 1.82) is 0 Å². The zero-order chi connectivity index (χ0) is 21.5. The molecular weight excluding hydrogens is 405 g/mol. The molecule has 1 aliphatic rings. The highest BCUT2D eigenvalue weighted by Gasteiger charge is 2.31. The fourth-order valence-corrected chi connectivity index (χ4v) is 4.63. The lowest BCUT2D eigenvalue weighted by Gasteiger charge is -2.33. The molecule has 0 radical (unpaired) electrons. The minimum Gasteiger partial charge on any atom is -0.444 e. The monoisotopic (exact) mass is 429 g/mol. The van der Waals surface area contributed by atoms with Gasteiger partial charge < -0.3 is 15.0 Å². The summed E-state index contributed by atoms with van der Waals surface area (Å²) < 4.78 is 19.8. The van der Waals surface area contributed by atoms with Crippen LogP contribution in [0, 0.1) is 11.7 Å². The van der Waals surface area contributed by atoms with Gasteiger partial charge in [-0.15, -0.1) is 0 Å². The highest BCUT2D eigenvalue weighted by molar-refractivity contribution is 7.23. The van der Waals surface area contributed by atoms with E-state index in [-0.39, 0.29) is 17.6 Å². The second-order valence-corrected chi connectivity index (χ2v) is 9.55. The van der Waals surface area contributed by atoms with Crippen molar-refractivity contribution in [2.24, 2.45) is 5.92 Å². The molecule has 0 saturated carbocycles. The number of thiazole rings is 1. The summed E-state index contributed by atoms with van der Waals surface area (Å²) in [6.45, 7) is 6.38. The SMILES string of the molecule is CC(C)(C)OC(=O)N1CCC[C@H](C(=O)Nc2nc3ccc4cc(F)ccc4c3s2)C1. The van der Waals surface area contributed by atoms with Gasteiger partial charge in [0.15, 0.2) is 5.13 Å². The van der Waals surface area contributed by atoms with E-state index in [0.717, 1.165) is 27.4 Å². The molecule has 4 rings (SSSR count). The summed E-state index contributed by atoms with van der Waals surface area (Å²) in [5.41, 5.74) is 0.187. The zero-order valence-electron chi connectivity index (χ0n) is 17.2. The molecule has 1 fully saturated rings. The van der Waals surface area contributed by atoms with Crippen molar-refractivity contribution in [3.05, 3.63) is 36.1 Å². The maximum Gasteiger partial charge on any atom is 0.410 e. The number of halogens is 1. The molecule has 1 atom stereocenters. The summed E-state index contributed by atoms with van der Waals surface area (Å²) in [7, 11) is 0. The van der Waals surface area contributed by atoms with Gasteiger partial charge in [0, 0.05) is 18.5 Å². The third-order valence-corrected chi connectivity index (χ3v) is 6.03. The van der Waals surface area contributed by atoms with E-state index in [9.17, 15) is 14.0 Å². The highest BCUT2D eigenvalue weighted by Crippen LogP contribution is 2.33. The van der Waals surface area contributed by atoms with Gasteiger partial charge in [-0.05, 0) is 63.3 Å². The summed E-state index contributed by atoms with van der Waals surface area (Å²) in [4.78, 5) is 31.3. The number of nitrogens with one attached hydrogen (secondary N) is 1. The van der Waals surface area contributed by atoms with E-state index in [0.29, 0.717) is 24.6 Å². The minimum absolute atomic E-state index is 0.155. The molecule has 2 heterocycles. The Kier molecular flexibility index (Phi) is 5.36. The number of benzene rings is 2. The third kappa shape index (κ3) is 4.38. The maximum atomic E-state index is 13.5. The molecule has 0 aliphatic carbocycles. The van der Waals surface area contributed by atoms with Gasteiger partial charge in [-0.25, -0.2) is 14.2 Å². The van der Waals surface area contributed by atoms with Gasteiger partial charge in [0.25, 0.3) is 0 Å². The number of amides is 2. The summed E-state index contributed by atoms with van der Waals surface area (Å²) in [6, 6.07) is 8.30. The van der Waals surface area contributed by atoms with Crippen LogP contribution in [-0.4, -0.2) is 40.6 Å². The largest absolute Gasteiger partial charge is 0.444 e. The van der Waals surface area contributed by atoms with Crippen LogP contribution in [0.4, 0.5) is 14.3 Å². The number of carbonyl (C=O) groups excluding carboxylic acids is 2. The Morgan fingerprint density at radius 1 is 1.27 bits per heavy atom. The molecule has 1 aliphatic heterocycles. The van der Waals surface area contributed by atoms with Crippen LogP contribution < -0.4 is 5.32 Å². The number of piperidine rings is 1. The van der Waals surface area contributed by atoms with Crippen LogP contribution in [-0.2, 0) is 9.53 Å². The number of aromatic nitrogens is 1. The molecule has 0 bridgehead atoms. The summed E-state index contributed by atoms with van der Waals surface area (Å²) >= 11 is 1.37. The smallest absolute Gasteiger partial charge is 0.410 e. The van der Waals surface area contributed by atoms with Gasteiger partial charge in [-0.3, -0.25) is 4.79 Å². The van der Waals surface area contributed by atoms with Crippen molar-refractivity contribution < 1.29 is 18.7 Å². The predicted octanol–water partition coefficient (Wildman–Crippen LogP) is 5.17. The van der Waals surface area contributed by atoms with Gasteiger partial charge in [0.05, 0.1) is 16.1 Å². The van der Waals surface area contributed by atoms with Crippen molar-refractivity contribution in [2.45, 2.75) is 39.2 Å². The first-order valence-corrected chi connectivity index (χ1v) is 10.8. The van der Waals surface area contributed by atoms with Crippen LogP contribution in [0.5, 0.6) is 0 Å². The molecule has 8 heteroatoms. The maximum absolute atomic E-state index is 13.5. The zero-order valence-corrected chi connectivity index (χ0v) is 18.0. The number of hydrogen-bond donors (Lipinski definition) is 1. The van der Waals surface area contributed by atoms with Crippen LogP contribution in [0.15, 0.2) is 30.3 Å². The lowest BCUT2D eigenvalue weighted by Crippen LogP contribution is -2.45. The fraction of sp³-hybridized carbons (Fsp3) is 0.409. The van der Waals surface area contributed by atoms with Gasteiger partial charge in [-0.2, -0.15) is 0 Å². The van der Waals surface area contributed by atoms with E-state index in [2.05, 4.69) is 10.3 Å². The van der Waals surface area contributed by atoms with Gasteiger partial charge >= 0.3 is 6.09 Å². The number of rotatable bonds is 2. The van der Waals surface area contributed by atoms with Crippen LogP contribution in [0.1, 0.15) is 33.6 Å². The molecule has 1 N–H and O–H groups in total. The molecule has 3 aromatic rings. The van der Waals surface area contributed by atoms with E-state index in [4.69, 9.17) is 4.74 Å². The van der Waals surface area contributed by atoms with Crippen molar-refractivity contribution in [3.8, 4) is 0 Å². The number of carbonyl (C=O) groups is 2. The van der Waals surface area contributed by atoms with Crippen LogP contribution in [0.3, 0.4) is 0 Å². The highest BCUT2D eigenvalue weighted by atomic mass is 32.1. The molecule has 6 nitrogen and oxygen atoms in total. The number of ether oxygens (including phenoxy) is 1. The Morgan fingerprint density at radius 3 is 2.83 bits per heavy atom. The first-order chi connectivity index (χ1) is 14.2. The fourth-order valence-electron chi connectivity index (χ4n) is 3.63. The molecule has 2 amide bonds. The topological polar surface area (TPSA) is 71.5 Å². The van der Waals surface area contributed by atoms with Crippen LogP contribution in [0.2, 0.25) is 0 Å². The molecule has 0 spiro atoms. The Balaban J connectivity index is 1.48. The molecule has 2 aromatic carbocycles. The number of anilines is 1. The van der Waals surface area contributed by atoms with Crippen LogP contribution >= 0.6 is 11.3 Å². The van der Waals surface area contributed by atoms with Crippen molar-refractivity contribution in [3.63, 3.8) is 0 Å². The van der Waals surface area contributed by atoms with Crippen LogP contribution in [0.25, 0.3) is 21.0 Å². The molecule has 158 valence electrons. The quantitative estimate of drug-likeness (QED) is 0.610. The van der Waals surface area contributed by atoms with E-state index < -0.39 is 11.7 Å². The molecule has 1 aromatic heterocycles. The van der Waals surface area contributed by atoms with E-state index in [1.165, 1.54) is 23.5 Å². The predicted molar refractivity (Wildman–Crippen MR) is 116 cm³/mol. The average Bonchev–Trinajstić information content (AvgIpc) is 3.09. The summed E-state index contributed by atoms with van der Waals surface area (Å²) in [6.07, 6.45) is 1.06. The van der Waals surface area contributed by atoms with Crippen molar-refractivity contribution >= 4 is 49.5 Å². The Hall–Kier alpha value is -2.74. The molecule has 30 heavy (non-hydrogen) atoms. The van der Waals surface area contributed by atoms with E-state index in [1.54, 1.807) is 11.0 Å². The van der Waals surface area contributed by atoms with E-state index in [1.807, 2.05) is 32.9 Å². The second-order valence-electron chi connectivity index (χ2n) is 8.55. The lowest BCUT2D eigenvalue weighted by atomic mass is 9.97. The lowest BCUT2D eigenvalue weighted by molar-refractivity contribution is -0.121. The average molecular weight is 430 g/mol. The third-order valence-electron chi connectivity index (χ3n) is 5.01. The number of nitrogens with zero attached hydrogens (tertiary/aromatic N) is 2. The standard InChI is InChI=1S/C22H24FN3O3S/c1-22(2,3)29-21(28)26-10-4-5-14(12-26)19(27)25-20-24-17-9-6-13-11-15(23)7-8-16(13)18(17)30-20/h6-9,11,14H,4-5,10,12H2,1-3H3,(H,24,25,27)/t14-/m0/s1. The van der Waals surface area contributed by atoms with Gasteiger partial charge in [0.2, 0.25) is 5.91 Å². The number of likely N-dealkylation sites (tertiary alicyclic amines) is 1. The number of hydrogen-bond acceptors (Lipinski definition) is 5. The Morgan fingerprint density at radius 2 is 2.07 bits per heavy atom. The van der Waals surface area contributed by atoms with Gasteiger partial charge in [0.1, 0.15) is 11.4 Å². The first kappa shape index (κ1) is 20.5. The Bertz CT molecular complexity index is 1120. The van der Waals surface area contributed by atoms with Crippen molar-refractivity contribution in [2.75, 3.05) is 18.4 Å². The minimum atomic E-state index is -0.570. The number of fused-ring (bicyclic) bond motifs is 3. The normalized spacial score (nSPS) is 17.3.